The fraction of sp³-hybridized carbons (Fsp3) is 0.267. The molecule has 4 heteroatoms. The molecule has 0 N–H and O–H groups in total. The number of rotatable bonds is 6. The number of nitrogens with zero attached hydrogens (tertiary/aromatic N) is 2. The molecule has 98 valence electrons. The fourth-order valence-corrected chi connectivity index (χ4v) is 1.77. The monoisotopic (exact) mass is 256 g/mol. The van der Waals surface area contributed by atoms with E-state index in [2.05, 4.69) is 11.0 Å². The van der Waals surface area contributed by atoms with E-state index in [1.807, 2.05) is 31.3 Å². The average molecular weight is 256 g/mol. The van der Waals surface area contributed by atoms with Crippen molar-refractivity contribution < 1.29 is 9.15 Å². The third-order valence-electron chi connectivity index (χ3n) is 2.77. The minimum absolute atomic E-state index is 0.549. The van der Waals surface area contributed by atoms with Crippen LogP contribution in [0, 0.1) is 11.3 Å². The molecule has 1 heterocycles. The fourth-order valence-electron chi connectivity index (χ4n) is 1.77. The Bertz CT molecular complexity index is 544. The van der Waals surface area contributed by atoms with E-state index in [0.717, 1.165) is 18.7 Å². The first-order valence-corrected chi connectivity index (χ1v) is 6.11. The lowest BCUT2D eigenvalue weighted by Crippen LogP contribution is -2.23. The number of para-hydroxylation sites is 1. The number of hydrogen-bond acceptors (Lipinski definition) is 4. The van der Waals surface area contributed by atoms with Crippen LogP contribution in [0.15, 0.2) is 47.3 Å². The Hall–Kier alpha value is -2.25. The van der Waals surface area contributed by atoms with Gasteiger partial charge in [-0.25, -0.2) is 0 Å². The molecular formula is C15H16N2O2. The van der Waals surface area contributed by atoms with E-state index in [-0.39, 0.29) is 0 Å². The van der Waals surface area contributed by atoms with Crippen molar-refractivity contribution in [3.8, 4) is 11.8 Å². The van der Waals surface area contributed by atoms with Gasteiger partial charge in [0.05, 0.1) is 18.1 Å². The molecule has 1 aromatic heterocycles. The quantitative estimate of drug-likeness (QED) is 0.797. The molecule has 0 aliphatic heterocycles. The van der Waals surface area contributed by atoms with E-state index in [0.29, 0.717) is 17.9 Å². The van der Waals surface area contributed by atoms with Crippen molar-refractivity contribution in [2.75, 3.05) is 20.2 Å². The van der Waals surface area contributed by atoms with Crippen LogP contribution < -0.4 is 4.74 Å². The molecule has 0 atom stereocenters. The summed E-state index contributed by atoms with van der Waals surface area (Å²) in [6, 6.07) is 11.3. The second-order valence-corrected chi connectivity index (χ2v) is 4.33. The number of hydrogen-bond donors (Lipinski definition) is 0. The Morgan fingerprint density at radius 2 is 2.16 bits per heavy atom. The number of likely N-dealkylation sites (N-methyl/N-ethyl adjacent to an activating group) is 1. The highest BCUT2D eigenvalue weighted by atomic mass is 16.5. The van der Waals surface area contributed by atoms with E-state index >= 15 is 0 Å². The minimum Gasteiger partial charge on any atom is -0.491 e. The molecule has 0 bridgehead atoms. The first kappa shape index (κ1) is 13.2. The van der Waals surface area contributed by atoms with Crippen molar-refractivity contribution in [3.05, 3.63) is 54.0 Å². The SMILES string of the molecule is CN(CCOc1ccccc1C#N)Cc1ccoc1. The van der Waals surface area contributed by atoms with Crippen LogP contribution in [0.1, 0.15) is 11.1 Å². The molecule has 0 saturated carbocycles. The Kier molecular flexibility index (Phi) is 4.60. The topological polar surface area (TPSA) is 49.4 Å². The standard InChI is InChI=1S/C15H16N2O2/c1-17(11-13-6-8-18-12-13)7-9-19-15-5-3-2-4-14(15)10-16/h2-6,8,12H,7,9,11H2,1H3. The van der Waals surface area contributed by atoms with E-state index in [4.69, 9.17) is 14.4 Å². The zero-order valence-electron chi connectivity index (χ0n) is 10.9. The number of ether oxygens (including phenoxy) is 1. The molecule has 2 aromatic rings. The highest BCUT2D eigenvalue weighted by molar-refractivity contribution is 5.42. The van der Waals surface area contributed by atoms with Gasteiger partial charge in [-0.15, -0.1) is 0 Å². The van der Waals surface area contributed by atoms with Gasteiger partial charge in [-0.2, -0.15) is 5.26 Å². The number of furan rings is 1. The van der Waals surface area contributed by atoms with Crippen LogP contribution in [0.5, 0.6) is 5.75 Å². The molecule has 0 unspecified atom stereocenters. The maximum atomic E-state index is 8.95. The Morgan fingerprint density at radius 3 is 2.89 bits per heavy atom. The van der Waals surface area contributed by atoms with E-state index in [1.165, 1.54) is 0 Å². The summed E-state index contributed by atoms with van der Waals surface area (Å²) in [6.07, 6.45) is 3.41. The summed E-state index contributed by atoms with van der Waals surface area (Å²) in [7, 11) is 2.02. The predicted octanol–water partition coefficient (Wildman–Crippen LogP) is 2.66. The van der Waals surface area contributed by atoms with Crippen LogP contribution in [-0.4, -0.2) is 25.1 Å². The van der Waals surface area contributed by atoms with Gasteiger partial charge in [0.2, 0.25) is 0 Å². The van der Waals surface area contributed by atoms with E-state index < -0.39 is 0 Å². The lowest BCUT2D eigenvalue weighted by molar-refractivity contribution is 0.232. The minimum atomic E-state index is 0.549. The smallest absolute Gasteiger partial charge is 0.137 e. The van der Waals surface area contributed by atoms with Crippen LogP contribution in [0.25, 0.3) is 0 Å². The summed E-state index contributed by atoms with van der Waals surface area (Å²) < 4.78 is 10.7. The van der Waals surface area contributed by atoms with Crippen molar-refractivity contribution in [2.45, 2.75) is 6.54 Å². The molecule has 2 rings (SSSR count). The summed E-state index contributed by atoms with van der Waals surface area (Å²) in [6.45, 7) is 2.15. The molecule has 0 saturated heterocycles. The predicted molar refractivity (Wildman–Crippen MR) is 71.7 cm³/mol. The summed E-state index contributed by atoms with van der Waals surface area (Å²) >= 11 is 0. The second kappa shape index (κ2) is 6.62. The molecule has 0 aliphatic rings. The highest BCUT2D eigenvalue weighted by Gasteiger charge is 2.04. The molecule has 0 amide bonds. The number of benzene rings is 1. The summed E-state index contributed by atoms with van der Waals surface area (Å²) in [5, 5.41) is 8.95. The van der Waals surface area contributed by atoms with Crippen molar-refractivity contribution >= 4 is 0 Å². The molecule has 0 fully saturated rings. The van der Waals surface area contributed by atoms with Gasteiger partial charge < -0.3 is 9.15 Å². The van der Waals surface area contributed by atoms with Gasteiger partial charge >= 0.3 is 0 Å². The highest BCUT2D eigenvalue weighted by Crippen LogP contribution is 2.16. The molecule has 0 aliphatic carbocycles. The van der Waals surface area contributed by atoms with Crippen LogP contribution in [0.3, 0.4) is 0 Å². The van der Waals surface area contributed by atoms with Crippen LogP contribution in [0.4, 0.5) is 0 Å². The van der Waals surface area contributed by atoms with Crippen molar-refractivity contribution in [1.82, 2.24) is 4.90 Å². The summed E-state index contributed by atoms with van der Waals surface area (Å²) in [5.41, 5.74) is 1.71. The maximum Gasteiger partial charge on any atom is 0.137 e. The first-order chi connectivity index (χ1) is 9.29. The lowest BCUT2D eigenvalue weighted by atomic mass is 10.2. The third-order valence-corrected chi connectivity index (χ3v) is 2.77. The molecule has 1 aromatic carbocycles. The van der Waals surface area contributed by atoms with Gasteiger partial charge in [-0.05, 0) is 25.2 Å². The van der Waals surface area contributed by atoms with Gasteiger partial charge in [0.1, 0.15) is 18.4 Å². The molecule has 19 heavy (non-hydrogen) atoms. The van der Waals surface area contributed by atoms with Crippen LogP contribution in [0.2, 0.25) is 0 Å². The van der Waals surface area contributed by atoms with Gasteiger partial charge in [-0.3, -0.25) is 4.90 Å². The summed E-state index contributed by atoms with van der Waals surface area (Å²) in [5.74, 6) is 0.640. The number of nitriles is 1. The van der Waals surface area contributed by atoms with Crippen molar-refractivity contribution in [1.29, 1.82) is 5.26 Å². The van der Waals surface area contributed by atoms with Crippen molar-refractivity contribution in [2.24, 2.45) is 0 Å². The van der Waals surface area contributed by atoms with Crippen molar-refractivity contribution in [3.63, 3.8) is 0 Å². The molecule has 4 nitrogen and oxygen atoms in total. The summed E-state index contributed by atoms with van der Waals surface area (Å²) in [4.78, 5) is 2.14. The molecule has 0 radical (unpaired) electrons. The zero-order chi connectivity index (χ0) is 13.5. The Balaban J connectivity index is 1.78. The molecule has 0 spiro atoms. The Labute approximate surface area is 112 Å². The van der Waals surface area contributed by atoms with Crippen LogP contribution in [-0.2, 0) is 6.54 Å². The third kappa shape index (κ3) is 3.87. The van der Waals surface area contributed by atoms with E-state index in [1.54, 1.807) is 18.6 Å². The second-order valence-electron chi connectivity index (χ2n) is 4.33. The Morgan fingerprint density at radius 1 is 1.32 bits per heavy atom. The van der Waals surface area contributed by atoms with Gasteiger partial charge in [0.15, 0.2) is 0 Å². The average Bonchev–Trinajstić information content (AvgIpc) is 2.92. The van der Waals surface area contributed by atoms with Gasteiger partial charge in [0.25, 0.3) is 0 Å². The first-order valence-electron chi connectivity index (χ1n) is 6.11. The van der Waals surface area contributed by atoms with Crippen LogP contribution >= 0.6 is 0 Å². The normalized spacial score (nSPS) is 10.4. The molecular weight excluding hydrogens is 240 g/mol. The zero-order valence-corrected chi connectivity index (χ0v) is 10.9. The largest absolute Gasteiger partial charge is 0.491 e. The van der Waals surface area contributed by atoms with Gasteiger partial charge in [0, 0.05) is 18.7 Å². The van der Waals surface area contributed by atoms with E-state index in [9.17, 15) is 0 Å². The van der Waals surface area contributed by atoms with Gasteiger partial charge in [-0.1, -0.05) is 12.1 Å². The lowest BCUT2D eigenvalue weighted by Gasteiger charge is -2.16. The maximum absolute atomic E-state index is 8.95.